The molecule has 0 bridgehead atoms. The van der Waals surface area contributed by atoms with Crippen LogP contribution in [0, 0.1) is 10.1 Å². The van der Waals surface area contributed by atoms with E-state index in [9.17, 15) is 18.9 Å². The monoisotopic (exact) mass is 215 g/mol. The highest BCUT2D eigenvalue weighted by molar-refractivity contribution is 5.46. The number of hydrogen-bond donors (Lipinski definition) is 0. The number of halogens is 2. The molecule has 1 aliphatic heterocycles. The Morgan fingerprint density at radius 3 is 2.87 bits per heavy atom. The van der Waals surface area contributed by atoms with Crippen LogP contribution in [0.15, 0.2) is 18.2 Å². The van der Waals surface area contributed by atoms with Crippen molar-refractivity contribution in [3.63, 3.8) is 0 Å². The van der Waals surface area contributed by atoms with E-state index in [0.717, 1.165) is 12.1 Å². The summed E-state index contributed by atoms with van der Waals surface area (Å²) in [5, 5.41) is 10.4. The van der Waals surface area contributed by atoms with Crippen molar-refractivity contribution in [1.29, 1.82) is 0 Å². The van der Waals surface area contributed by atoms with Crippen molar-refractivity contribution in [2.45, 2.75) is 12.3 Å². The molecular formula is C9H7F2NO3. The predicted octanol–water partition coefficient (Wildman–Crippen LogP) is 2.47. The van der Waals surface area contributed by atoms with Crippen LogP contribution in [0.4, 0.5) is 14.5 Å². The van der Waals surface area contributed by atoms with Crippen molar-refractivity contribution in [2.75, 3.05) is 6.61 Å². The summed E-state index contributed by atoms with van der Waals surface area (Å²) in [6.07, 6.45) is -0.443. The number of non-ortho nitro benzene ring substituents is 1. The molecule has 6 heteroatoms. The number of nitro groups is 1. The Kier molecular flexibility index (Phi) is 2.06. The molecule has 0 unspecified atom stereocenters. The quantitative estimate of drug-likeness (QED) is 0.534. The molecule has 4 nitrogen and oxygen atoms in total. The summed E-state index contributed by atoms with van der Waals surface area (Å²) in [4.78, 5) is 9.71. The topological polar surface area (TPSA) is 52.4 Å². The van der Waals surface area contributed by atoms with Gasteiger partial charge in [-0.15, -0.1) is 0 Å². The summed E-state index contributed by atoms with van der Waals surface area (Å²) in [7, 11) is 0. The normalized spacial score (nSPS) is 17.7. The molecule has 0 aromatic heterocycles. The first-order chi connectivity index (χ1) is 7.00. The van der Waals surface area contributed by atoms with Gasteiger partial charge in [0.05, 0.1) is 23.5 Å². The van der Waals surface area contributed by atoms with Crippen LogP contribution in [0.3, 0.4) is 0 Å². The zero-order valence-electron chi connectivity index (χ0n) is 7.57. The van der Waals surface area contributed by atoms with E-state index in [1.54, 1.807) is 0 Å². The molecule has 1 aromatic rings. The Hall–Kier alpha value is -1.72. The first-order valence-electron chi connectivity index (χ1n) is 4.30. The molecule has 0 fully saturated rings. The summed E-state index contributed by atoms with van der Waals surface area (Å²) in [6.45, 7) is -0.0716. The molecule has 80 valence electrons. The zero-order valence-corrected chi connectivity index (χ0v) is 7.57. The van der Waals surface area contributed by atoms with E-state index in [-0.39, 0.29) is 18.0 Å². The fraction of sp³-hybridized carbons (Fsp3) is 0.333. The maximum Gasteiger partial charge on any atom is 0.280 e. The van der Waals surface area contributed by atoms with Gasteiger partial charge in [-0.05, 0) is 6.07 Å². The molecule has 1 heterocycles. The molecule has 0 aliphatic carbocycles. The van der Waals surface area contributed by atoms with E-state index in [2.05, 4.69) is 0 Å². The van der Waals surface area contributed by atoms with Crippen LogP contribution < -0.4 is 4.74 Å². The van der Waals surface area contributed by atoms with Crippen molar-refractivity contribution in [3.05, 3.63) is 33.9 Å². The maximum atomic E-state index is 13.3. The lowest BCUT2D eigenvalue weighted by Gasteiger charge is -2.24. The van der Waals surface area contributed by atoms with Gasteiger partial charge in [0.1, 0.15) is 5.75 Å². The number of rotatable bonds is 1. The maximum absolute atomic E-state index is 13.3. The first kappa shape index (κ1) is 9.82. The third-order valence-electron chi connectivity index (χ3n) is 2.24. The van der Waals surface area contributed by atoms with Gasteiger partial charge in [0, 0.05) is 12.1 Å². The van der Waals surface area contributed by atoms with E-state index in [1.165, 1.54) is 6.07 Å². The molecule has 0 spiro atoms. The van der Waals surface area contributed by atoms with Crippen LogP contribution >= 0.6 is 0 Å². The Balaban J connectivity index is 2.53. The molecular weight excluding hydrogens is 208 g/mol. The van der Waals surface area contributed by atoms with Gasteiger partial charge in [0.15, 0.2) is 0 Å². The molecule has 1 aromatic carbocycles. The predicted molar refractivity (Wildman–Crippen MR) is 47.1 cm³/mol. The number of nitro benzene ring substituents is 1. The minimum absolute atomic E-state index is 0.0249. The molecule has 1 aliphatic rings. The Labute approximate surface area is 83.6 Å². The van der Waals surface area contributed by atoms with Crippen LogP contribution in [0.25, 0.3) is 0 Å². The smallest absolute Gasteiger partial charge is 0.280 e. The van der Waals surface area contributed by atoms with Gasteiger partial charge in [-0.3, -0.25) is 10.1 Å². The fourth-order valence-corrected chi connectivity index (χ4v) is 1.47. The molecule has 0 amide bonds. The molecule has 0 saturated heterocycles. The number of nitrogens with zero attached hydrogens (tertiary/aromatic N) is 1. The zero-order chi connectivity index (χ0) is 11.1. The average Bonchev–Trinajstić information content (AvgIpc) is 2.17. The van der Waals surface area contributed by atoms with Crippen LogP contribution in [0.2, 0.25) is 0 Å². The third kappa shape index (κ3) is 1.62. The van der Waals surface area contributed by atoms with Crippen molar-refractivity contribution in [3.8, 4) is 5.75 Å². The Bertz CT molecular complexity index is 420. The van der Waals surface area contributed by atoms with Crippen LogP contribution in [-0.2, 0) is 5.92 Å². The summed E-state index contributed by atoms with van der Waals surface area (Å²) < 4.78 is 31.7. The van der Waals surface area contributed by atoms with Crippen LogP contribution in [0.5, 0.6) is 5.75 Å². The third-order valence-corrected chi connectivity index (χ3v) is 2.24. The molecule has 0 N–H and O–H groups in total. The summed E-state index contributed by atoms with van der Waals surface area (Å²) >= 11 is 0. The largest absolute Gasteiger partial charge is 0.493 e. The first-order valence-corrected chi connectivity index (χ1v) is 4.30. The second-order valence-corrected chi connectivity index (χ2v) is 3.24. The highest BCUT2D eigenvalue weighted by Crippen LogP contribution is 2.42. The van der Waals surface area contributed by atoms with E-state index in [4.69, 9.17) is 4.74 Å². The minimum Gasteiger partial charge on any atom is -0.493 e. The van der Waals surface area contributed by atoms with Gasteiger partial charge in [0.25, 0.3) is 11.6 Å². The summed E-state index contributed by atoms with van der Waals surface area (Å²) in [5.41, 5.74) is -0.748. The van der Waals surface area contributed by atoms with Gasteiger partial charge in [-0.25, -0.2) is 8.78 Å². The van der Waals surface area contributed by atoms with Crippen molar-refractivity contribution in [2.24, 2.45) is 0 Å². The number of fused-ring (bicyclic) bond motifs is 1. The average molecular weight is 215 g/mol. The molecule has 0 radical (unpaired) electrons. The SMILES string of the molecule is O=[N+]([O-])c1ccc2c(c1)C(F)(F)CCO2. The lowest BCUT2D eigenvalue weighted by Crippen LogP contribution is -2.24. The van der Waals surface area contributed by atoms with Gasteiger partial charge < -0.3 is 4.74 Å². The van der Waals surface area contributed by atoms with Crippen LogP contribution in [0.1, 0.15) is 12.0 Å². The van der Waals surface area contributed by atoms with Crippen LogP contribution in [-0.4, -0.2) is 11.5 Å². The highest BCUT2D eigenvalue weighted by atomic mass is 19.3. The lowest BCUT2D eigenvalue weighted by molar-refractivity contribution is -0.385. The lowest BCUT2D eigenvalue weighted by atomic mass is 10.0. The summed E-state index contributed by atoms with van der Waals surface area (Å²) in [5.74, 6) is -3.02. The molecule has 2 rings (SSSR count). The van der Waals surface area contributed by atoms with Gasteiger partial charge in [-0.1, -0.05) is 0 Å². The van der Waals surface area contributed by atoms with Crippen molar-refractivity contribution < 1.29 is 18.4 Å². The highest BCUT2D eigenvalue weighted by Gasteiger charge is 2.39. The van der Waals surface area contributed by atoms with Crippen molar-refractivity contribution in [1.82, 2.24) is 0 Å². The van der Waals surface area contributed by atoms with Gasteiger partial charge in [0.2, 0.25) is 0 Å². The standard InChI is InChI=1S/C9H7F2NO3/c10-9(11)3-4-15-8-2-1-6(12(13)14)5-7(8)9/h1-2,5H,3-4H2. The molecule has 0 saturated carbocycles. The molecule has 15 heavy (non-hydrogen) atoms. The van der Waals surface area contributed by atoms with Gasteiger partial charge in [-0.2, -0.15) is 0 Å². The Morgan fingerprint density at radius 2 is 2.20 bits per heavy atom. The van der Waals surface area contributed by atoms with E-state index in [0.29, 0.717) is 0 Å². The molecule has 0 atom stereocenters. The van der Waals surface area contributed by atoms with E-state index >= 15 is 0 Å². The number of ether oxygens (including phenoxy) is 1. The fourth-order valence-electron chi connectivity index (χ4n) is 1.47. The second kappa shape index (κ2) is 3.15. The number of hydrogen-bond acceptors (Lipinski definition) is 3. The van der Waals surface area contributed by atoms with E-state index in [1.807, 2.05) is 0 Å². The Morgan fingerprint density at radius 1 is 1.47 bits per heavy atom. The number of alkyl halides is 2. The minimum atomic E-state index is -3.04. The summed E-state index contributed by atoms with van der Waals surface area (Å²) in [6, 6.07) is 3.23. The second-order valence-electron chi connectivity index (χ2n) is 3.24. The van der Waals surface area contributed by atoms with Crippen molar-refractivity contribution >= 4 is 5.69 Å². The van der Waals surface area contributed by atoms with Gasteiger partial charge >= 0.3 is 0 Å². The van der Waals surface area contributed by atoms with E-state index < -0.39 is 22.8 Å². The number of benzene rings is 1.